The molecule has 1 saturated carbocycles. The Labute approximate surface area is 128 Å². The van der Waals surface area contributed by atoms with E-state index in [4.69, 9.17) is 0 Å². The number of amides is 2. The molecule has 4 nitrogen and oxygen atoms in total. The Morgan fingerprint density at radius 3 is 2.86 bits per heavy atom. The molecule has 0 radical (unpaired) electrons. The maximum absolute atomic E-state index is 12.7. The van der Waals surface area contributed by atoms with E-state index in [1.54, 1.807) is 0 Å². The number of nitrogens with zero attached hydrogens (tertiary/aromatic N) is 1. The molecule has 1 aliphatic carbocycles. The molecule has 0 saturated heterocycles. The second-order valence-electron chi connectivity index (χ2n) is 5.91. The highest BCUT2D eigenvalue weighted by atomic mass is 16.2. The van der Waals surface area contributed by atoms with Gasteiger partial charge in [0.25, 0.3) is 5.91 Å². The molecule has 2 aromatic rings. The van der Waals surface area contributed by atoms with Gasteiger partial charge >= 0.3 is 0 Å². The Kier molecular flexibility index (Phi) is 2.79. The molecule has 2 aromatic carbocycles. The van der Waals surface area contributed by atoms with Crippen molar-refractivity contribution in [3.63, 3.8) is 0 Å². The summed E-state index contributed by atoms with van der Waals surface area (Å²) in [5, 5.41) is 4.65. The van der Waals surface area contributed by atoms with Crippen LogP contribution in [0.25, 0.3) is 10.8 Å². The van der Waals surface area contributed by atoms with Crippen LogP contribution in [0.5, 0.6) is 0 Å². The van der Waals surface area contributed by atoms with Gasteiger partial charge in [0, 0.05) is 28.6 Å². The topological polar surface area (TPSA) is 49.4 Å². The molecule has 0 unspecified atom stereocenters. The van der Waals surface area contributed by atoms with Crippen LogP contribution in [0, 0.1) is 5.92 Å². The van der Waals surface area contributed by atoms with E-state index in [0.29, 0.717) is 11.6 Å². The fourth-order valence-electron chi connectivity index (χ4n) is 3.08. The number of rotatable bonds is 4. The highest BCUT2D eigenvalue weighted by Crippen LogP contribution is 2.42. The molecular formula is C18H16N2O2. The Morgan fingerprint density at radius 1 is 1.32 bits per heavy atom. The molecule has 4 heteroatoms. The van der Waals surface area contributed by atoms with Gasteiger partial charge in [-0.25, -0.2) is 0 Å². The first kappa shape index (κ1) is 13.1. The largest absolute Gasteiger partial charge is 0.322 e. The number of anilines is 2. The molecule has 22 heavy (non-hydrogen) atoms. The smallest absolute Gasteiger partial charge is 0.259 e. The van der Waals surface area contributed by atoms with Crippen molar-refractivity contribution in [1.29, 1.82) is 0 Å². The summed E-state index contributed by atoms with van der Waals surface area (Å²) in [4.78, 5) is 26.1. The number of carbonyl (C=O) groups excluding carboxylic acids is 2. The van der Waals surface area contributed by atoms with E-state index in [9.17, 15) is 9.59 Å². The average Bonchev–Trinajstić information content (AvgIpc) is 3.31. The van der Waals surface area contributed by atoms with Gasteiger partial charge in [0.15, 0.2) is 0 Å². The Morgan fingerprint density at radius 2 is 2.14 bits per heavy atom. The lowest BCUT2D eigenvalue weighted by Gasteiger charge is -2.17. The third-order valence-electron chi connectivity index (χ3n) is 4.37. The van der Waals surface area contributed by atoms with Crippen molar-refractivity contribution >= 4 is 34.0 Å². The standard InChI is InChI=1S/C18H16N2O2/c1-2-16(21)19-14-8-9-15-17-12(14)4-3-5-13(17)18(22)20(15)10-11-6-7-11/h2-5,8-9,11H,1,6-7,10H2,(H,19,21). The zero-order chi connectivity index (χ0) is 15.3. The first-order valence-electron chi connectivity index (χ1n) is 7.50. The van der Waals surface area contributed by atoms with Gasteiger partial charge in [-0.2, -0.15) is 0 Å². The number of hydrogen-bond acceptors (Lipinski definition) is 2. The van der Waals surface area contributed by atoms with Gasteiger partial charge in [-0.1, -0.05) is 18.7 Å². The van der Waals surface area contributed by atoms with Crippen LogP contribution in [0.3, 0.4) is 0 Å². The summed E-state index contributed by atoms with van der Waals surface area (Å²) in [6, 6.07) is 9.46. The first-order valence-corrected chi connectivity index (χ1v) is 7.50. The molecule has 0 aromatic heterocycles. The van der Waals surface area contributed by atoms with Gasteiger partial charge in [-0.15, -0.1) is 0 Å². The first-order chi connectivity index (χ1) is 10.7. The minimum atomic E-state index is -0.250. The molecule has 4 rings (SSSR count). The van der Waals surface area contributed by atoms with Crippen molar-refractivity contribution in [3.8, 4) is 0 Å². The molecule has 1 heterocycles. The number of hydrogen-bond donors (Lipinski definition) is 1. The van der Waals surface area contributed by atoms with E-state index >= 15 is 0 Å². The zero-order valence-corrected chi connectivity index (χ0v) is 12.1. The molecule has 2 aliphatic rings. The molecule has 1 fully saturated rings. The number of benzene rings is 2. The maximum atomic E-state index is 12.7. The van der Waals surface area contributed by atoms with Gasteiger partial charge in [0.2, 0.25) is 5.91 Å². The molecule has 0 spiro atoms. The van der Waals surface area contributed by atoms with Crippen LogP contribution in [0.15, 0.2) is 43.0 Å². The van der Waals surface area contributed by atoms with Crippen molar-refractivity contribution < 1.29 is 9.59 Å². The molecule has 2 amide bonds. The van der Waals surface area contributed by atoms with Crippen molar-refractivity contribution in [3.05, 3.63) is 48.6 Å². The predicted octanol–water partition coefficient (Wildman–Crippen LogP) is 3.33. The second-order valence-corrected chi connectivity index (χ2v) is 5.91. The summed E-state index contributed by atoms with van der Waals surface area (Å²) in [6.07, 6.45) is 3.65. The van der Waals surface area contributed by atoms with Crippen LogP contribution in [-0.4, -0.2) is 18.4 Å². The zero-order valence-electron chi connectivity index (χ0n) is 12.1. The quantitative estimate of drug-likeness (QED) is 0.879. The minimum absolute atomic E-state index is 0.0692. The lowest BCUT2D eigenvalue weighted by molar-refractivity contribution is -0.111. The second kappa shape index (κ2) is 4.70. The lowest BCUT2D eigenvalue weighted by Crippen LogP contribution is -2.28. The molecule has 1 aliphatic heterocycles. The average molecular weight is 292 g/mol. The summed E-state index contributed by atoms with van der Waals surface area (Å²) in [6.45, 7) is 4.27. The highest BCUT2D eigenvalue weighted by molar-refractivity contribution is 6.27. The summed E-state index contributed by atoms with van der Waals surface area (Å²) >= 11 is 0. The third kappa shape index (κ3) is 1.91. The van der Waals surface area contributed by atoms with Gasteiger partial charge in [-0.3, -0.25) is 9.59 Å². The van der Waals surface area contributed by atoms with E-state index in [-0.39, 0.29) is 11.8 Å². The SMILES string of the molecule is C=CC(=O)Nc1ccc2c3c(cccc13)C(=O)N2CC1CC1. The van der Waals surface area contributed by atoms with E-state index in [0.717, 1.165) is 28.6 Å². The summed E-state index contributed by atoms with van der Waals surface area (Å²) < 4.78 is 0. The van der Waals surface area contributed by atoms with Crippen LogP contribution in [0.2, 0.25) is 0 Å². The summed E-state index contributed by atoms with van der Waals surface area (Å²) in [5.41, 5.74) is 2.40. The molecular weight excluding hydrogens is 276 g/mol. The fourth-order valence-corrected chi connectivity index (χ4v) is 3.08. The van der Waals surface area contributed by atoms with Crippen LogP contribution < -0.4 is 10.2 Å². The van der Waals surface area contributed by atoms with Crippen LogP contribution >= 0.6 is 0 Å². The maximum Gasteiger partial charge on any atom is 0.259 e. The predicted molar refractivity (Wildman–Crippen MR) is 87.2 cm³/mol. The van der Waals surface area contributed by atoms with Crippen LogP contribution in [0.4, 0.5) is 11.4 Å². The fraction of sp³-hybridized carbons (Fsp3) is 0.222. The Bertz CT molecular complexity index is 821. The van der Waals surface area contributed by atoms with Crippen molar-refractivity contribution in [2.75, 3.05) is 16.8 Å². The Balaban J connectivity index is 1.85. The third-order valence-corrected chi connectivity index (χ3v) is 4.37. The van der Waals surface area contributed by atoms with Crippen LogP contribution in [-0.2, 0) is 4.79 Å². The number of nitrogens with one attached hydrogen (secondary N) is 1. The summed E-state index contributed by atoms with van der Waals surface area (Å²) in [5.74, 6) is 0.452. The summed E-state index contributed by atoms with van der Waals surface area (Å²) in [7, 11) is 0. The normalized spacial score (nSPS) is 16.2. The van der Waals surface area contributed by atoms with Gasteiger partial charge < -0.3 is 10.2 Å². The van der Waals surface area contributed by atoms with E-state index in [1.807, 2.05) is 35.2 Å². The van der Waals surface area contributed by atoms with E-state index < -0.39 is 0 Å². The van der Waals surface area contributed by atoms with Gasteiger partial charge in [0.05, 0.1) is 5.69 Å². The lowest BCUT2D eigenvalue weighted by atomic mass is 10.0. The molecule has 110 valence electrons. The molecule has 0 bridgehead atoms. The van der Waals surface area contributed by atoms with Crippen LogP contribution in [0.1, 0.15) is 23.2 Å². The monoisotopic (exact) mass is 292 g/mol. The van der Waals surface area contributed by atoms with Gasteiger partial charge in [-0.05, 0) is 43.0 Å². The minimum Gasteiger partial charge on any atom is -0.322 e. The molecule has 1 N–H and O–H groups in total. The van der Waals surface area contributed by atoms with Gasteiger partial charge in [0.1, 0.15) is 0 Å². The molecule has 0 atom stereocenters. The van der Waals surface area contributed by atoms with Crippen molar-refractivity contribution in [2.45, 2.75) is 12.8 Å². The van der Waals surface area contributed by atoms with Crippen molar-refractivity contribution in [2.24, 2.45) is 5.92 Å². The van der Waals surface area contributed by atoms with Crippen molar-refractivity contribution in [1.82, 2.24) is 0 Å². The highest BCUT2D eigenvalue weighted by Gasteiger charge is 2.34. The number of carbonyl (C=O) groups is 2. The Hall–Kier alpha value is -2.62. The van der Waals surface area contributed by atoms with E-state index in [1.165, 1.54) is 18.9 Å². The van der Waals surface area contributed by atoms with E-state index in [2.05, 4.69) is 11.9 Å².